The van der Waals surface area contributed by atoms with Crippen molar-refractivity contribution in [3.8, 4) is 0 Å². The summed E-state index contributed by atoms with van der Waals surface area (Å²) in [6, 6.07) is 1.87. The van der Waals surface area contributed by atoms with Crippen LogP contribution in [0.1, 0.15) is 0 Å². The summed E-state index contributed by atoms with van der Waals surface area (Å²) in [6.07, 6.45) is 0. The van der Waals surface area contributed by atoms with E-state index in [1.165, 1.54) is 0 Å². The molecule has 0 radical (unpaired) electrons. The fourth-order valence-electron chi connectivity index (χ4n) is 1.04. The van der Waals surface area contributed by atoms with Gasteiger partial charge in [-0.25, -0.2) is 0 Å². The van der Waals surface area contributed by atoms with Crippen molar-refractivity contribution in [2.45, 2.75) is 9.79 Å². The van der Waals surface area contributed by atoms with Gasteiger partial charge in [0.05, 0.1) is 0 Å². The average molecular weight is 302 g/mol. The Hall–Kier alpha value is -0.100. The summed E-state index contributed by atoms with van der Waals surface area (Å²) in [4.78, 5) is -0.871. The van der Waals surface area contributed by atoms with E-state index in [0.29, 0.717) is 0 Å². The lowest BCUT2D eigenvalue weighted by molar-refractivity contribution is 0.480. The molecule has 0 amide bonds. The van der Waals surface area contributed by atoms with Crippen LogP contribution in [0, 0.1) is 0 Å². The number of hydrogen-bond acceptors (Lipinski definition) is 4. The van der Waals surface area contributed by atoms with E-state index in [9.17, 15) is 16.8 Å². The van der Waals surface area contributed by atoms with Gasteiger partial charge in [0.2, 0.25) is 0 Å². The standard InChI is InChI=1S/C6H8O6P2S2/c7-15(8,9)5-1-3(13)6(2-4(5)14)16(10,11)12/h1-2H,13-14H2,(H,7,8,9)(H,10,11,12). The monoisotopic (exact) mass is 302 g/mol. The second-order valence-corrected chi connectivity index (χ2v) is 6.90. The van der Waals surface area contributed by atoms with Gasteiger partial charge in [-0.1, -0.05) is 0 Å². The van der Waals surface area contributed by atoms with Gasteiger partial charge in [-0.2, -0.15) is 16.8 Å². The first-order valence-corrected chi connectivity index (χ1v) is 7.71. The molecule has 0 heterocycles. The quantitative estimate of drug-likeness (QED) is 0.546. The van der Waals surface area contributed by atoms with Crippen LogP contribution in [0.25, 0.3) is 0 Å². The molecule has 0 bridgehead atoms. The topological polar surface area (TPSA) is 109 Å². The third-order valence-corrected chi connectivity index (χ3v) is 4.89. The van der Waals surface area contributed by atoms with Gasteiger partial charge < -0.3 is 0 Å². The molecule has 0 saturated carbocycles. The fourth-order valence-corrected chi connectivity index (χ4v) is 3.94. The Bertz CT molecular complexity index is 575. The smallest absolute Gasteiger partial charge is 0.282 e. The zero-order valence-corrected chi connectivity index (χ0v) is 11.6. The minimum Gasteiger partial charge on any atom is -0.282 e. The van der Waals surface area contributed by atoms with Crippen molar-refractivity contribution in [2.75, 3.05) is 0 Å². The van der Waals surface area contributed by atoms with Gasteiger partial charge in [0, 0.05) is 0 Å². The Morgan fingerprint density at radius 2 is 1.06 bits per heavy atom. The highest BCUT2D eigenvalue weighted by Gasteiger charge is 2.20. The molecule has 1 rings (SSSR count). The zero-order valence-electron chi connectivity index (χ0n) is 7.65. The molecule has 90 valence electrons. The molecule has 0 aliphatic heterocycles. The Labute approximate surface area is 97.3 Å². The largest absolute Gasteiger partial charge is 0.295 e. The van der Waals surface area contributed by atoms with Crippen LogP contribution in [0.2, 0.25) is 0 Å². The first-order valence-electron chi connectivity index (χ1n) is 3.67. The van der Waals surface area contributed by atoms with Crippen molar-refractivity contribution in [3.63, 3.8) is 0 Å². The lowest BCUT2D eigenvalue weighted by atomic mass is 10.3. The van der Waals surface area contributed by atoms with Gasteiger partial charge >= 0.3 is 0 Å². The first-order chi connectivity index (χ1) is 7.03. The van der Waals surface area contributed by atoms with Crippen LogP contribution in [0.15, 0.2) is 21.9 Å². The van der Waals surface area contributed by atoms with Crippen LogP contribution in [0.4, 0.5) is 0 Å². The lowest BCUT2D eigenvalue weighted by Crippen LogP contribution is -2.18. The Morgan fingerprint density at radius 1 is 0.812 bits per heavy atom. The van der Waals surface area contributed by atoms with Crippen molar-refractivity contribution in [1.82, 2.24) is 0 Å². The van der Waals surface area contributed by atoms with E-state index in [1.54, 1.807) is 0 Å². The number of hydrogen-bond donors (Lipinski definition) is 2. The van der Waals surface area contributed by atoms with Crippen molar-refractivity contribution in [1.29, 1.82) is 0 Å². The molecular weight excluding hydrogens is 294 g/mol. The van der Waals surface area contributed by atoms with Gasteiger partial charge in [0.25, 0.3) is 20.2 Å². The molecule has 0 aliphatic carbocycles. The molecule has 0 spiro atoms. The van der Waals surface area contributed by atoms with E-state index in [-0.39, 0.29) is 10.6 Å². The van der Waals surface area contributed by atoms with Crippen LogP contribution < -0.4 is 10.6 Å². The van der Waals surface area contributed by atoms with Crippen molar-refractivity contribution >= 4 is 49.3 Å². The average Bonchev–Trinajstić information content (AvgIpc) is 2.04. The molecule has 0 aromatic heterocycles. The van der Waals surface area contributed by atoms with Gasteiger partial charge in [0.15, 0.2) is 0 Å². The minimum atomic E-state index is -4.43. The van der Waals surface area contributed by atoms with Crippen LogP contribution in [0.3, 0.4) is 0 Å². The van der Waals surface area contributed by atoms with E-state index < -0.39 is 30.0 Å². The molecular formula is C6H8O6P2S2. The Morgan fingerprint density at radius 3 is 1.25 bits per heavy atom. The summed E-state index contributed by atoms with van der Waals surface area (Å²) in [7, 11) is -4.93. The molecule has 0 fully saturated rings. The molecule has 16 heavy (non-hydrogen) atoms. The maximum atomic E-state index is 10.9. The second kappa shape index (κ2) is 4.29. The fraction of sp³-hybridized carbons (Fsp3) is 0. The summed E-state index contributed by atoms with van der Waals surface area (Å²) in [5.41, 5.74) is 0. The Balaban J connectivity index is 3.65. The van der Waals surface area contributed by atoms with Crippen molar-refractivity contribution in [3.05, 3.63) is 12.1 Å². The van der Waals surface area contributed by atoms with Gasteiger partial charge in [0.1, 0.15) is 9.79 Å². The van der Waals surface area contributed by atoms with Gasteiger partial charge in [-0.3, -0.25) is 9.11 Å². The predicted octanol–water partition coefficient (Wildman–Crippen LogP) is -0.819. The summed E-state index contributed by atoms with van der Waals surface area (Å²) in [6.45, 7) is 0. The van der Waals surface area contributed by atoms with Crippen LogP contribution in [-0.2, 0) is 20.2 Å². The van der Waals surface area contributed by atoms with E-state index in [2.05, 4.69) is 0 Å². The van der Waals surface area contributed by atoms with E-state index >= 15 is 0 Å². The van der Waals surface area contributed by atoms with E-state index in [4.69, 9.17) is 9.11 Å². The van der Waals surface area contributed by atoms with E-state index in [1.807, 2.05) is 18.5 Å². The minimum absolute atomic E-state index is 0.0543. The SMILES string of the molecule is O=S(=O)(O)c1cc(P)c(S(=O)(=O)O)cc1P. The number of rotatable bonds is 2. The van der Waals surface area contributed by atoms with Gasteiger partial charge in [-0.15, -0.1) is 18.5 Å². The summed E-state index contributed by atoms with van der Waals surface area (Å²) < 4.78 is 61.2. The summed E-state index contributed by atoms with van der Waals surface area (Å²) >= 11 is 0. The van der Waals surface area contributed by atoms with E-state index in [0.717, 1.165) is 12.1 Å². The molecule has 10 heteroatoms. The normalized spacial score (nSPS) is 12.8. The molecule has 2 N–H and O–H groups in total. The molecule has 6 nitrogen and oxygen atoms in total. The lowest BCUT2D eigenvalue weighted by Gasteiger charge is -2.07. The van der Waals surface area contributed by atoms with Crippen LogP contribution >= 0.6 is 18.5 Å². The first kappa shape index (κ1) is 14.0. The highest BCUT2D eigenvalue weighted by molar-refractivity contribution is 7.87. The predicted molar refractivity (Wildman–Crippen MR) is 64.8 cm³/mol. The third-order valence-electron chi connectivity index (χ3n) is 1.70. The highest BCUT2D eigenvalue weighted by atomic mass is 32.2. The van der Waals surface area contributed by atoms with Crippen molar-refractivity contribution < 1.29 is 25.9 Å². The highest BCUT2D eigenvalue weighted by Crippen LogP contribution is 2.15. The van der Waals surface area contributed by atoms with Gasteiger partial charge in [-0.05, 0) is 22.7 Å². The zero-order chi connectivity index (χ0) is 12.7. The summed E-state index contributed by atoms with van der Waals surface area (Å²) in [5, 5.41) is -0.109. The van der Waals surface area contributed by atoms with Crippen LogP contribution in [-0.4, -0.2) is 25.9 Å². The molecule has 2 unspecified atom stereocenters. The molecule has 1 aromatic rings. The molecule has 0 saturated heterocycles. The molecule has 0 aliphatic rings. The Kier molecular flexibility index (Phi) is 3.75. The third kappa shape index (κ3) is 2.97. The molecule has 1 aromatic carbocycles. The molecule has 2 atom stereocenters. The van der Waals surface area contributed by atoms with Crippen LogP contribution in [0.5, 0.6) is 0 Å². The number of benzene rings is 1. The maximum absolute atomic E-state index is 10.9. The summed E-state index contributed by atoms with van der Waals surface area (Å²) in [5.74, 6) is 0. The second-order valence-electron chi connectivity index (χ2n) is 2.88. The maximum Gasteiger partial charge on any atom is 0.295 e. The van der Waals surface area contributed by atoms with Crippen molar-refractivity contribution in [2.24, 2.45) is 0 Å².